The lowest BCUT2D eigenvalue weighted by atomic mass is 10.4. The minimum absolute atomic E-state index is 0.564. The Hall–Kier alpha value is -1.85. The SMILES string of the molecule is Cc1cn(Cc2nnc(C)n2C)nc1N. The summed E-state index contributed by atoms with van der Waals surface area (Å²) in [7, 11) is 1.93. The van der Waals surface area contributed by atoms with E-state index in [2.05, 4.69) is 15.3 Å². The van der Waals surface area contributed by atoms with E-state index in [0.717, 1.165) is 17.2 Å². The summed E-state index contributed by atoms with van der Waals surface area (Å²) in [5.41, 5.74) is 6.64. The lowest BCUT2D eigenvalue weighted by Crippen LogP contribution is -2.07. The van der Waals surface area contributed by atoms with Gasteiger partial charge in [-0.25, -0.2) is 0 Å². The number of hydrogen-bond donors (Lipinski definition) is 1. The van der Waals surface area contributed by atoms with Gasteiger partial charge in [-0.05, 0) is 13.8 Å². The summed E-state index contributed by atoms with van der Waals surface area (Å²) < 4.78 is 3.71. The van der Waals surface area contributed by atoms with Crippen LogP contribution in [0.2, 0.25) is 0 Å². The Balaban J connectivity index is 2.25. The number of nitrogens with zero attached hydrogens (tertiary/aromatic N) is 5. The first-order valence-electron chi connectivity index (χ1n) is 4.72. The molecule has 0 radical (unpaired) electrons. The highest BCUT2D eigenvalue weighted by molar-refractivity contribution is 5.35. The molecule has 6 nitrogen and oxygen atoms in total. The molecule has 0 aliphatic rings. The fraction of sp³-hybridized carbons (Fsp3) is 0.444. The number of aryl methyl sites for hydroxylation is 2. The first-order valence-corrected chi connectivity index (χ1v) is 4.72. The van der Waals surface area contributed by atoms with E-state index >= 15 is 0 Å². The number of aromatic nitrogens is 5. The van der Waals surface area contributed by atoms with Crippen molar-refractivity contribution in [2.45, 2.75) is 20.4 Å². The second kappa shape index (κ2) is 3.38. The number of anilines is 1. The topological polar surface area (TPSA) is 74.5 Å². The highest BCUT2D eigenvalue weighted by Crippen LogP contribution is 2.08. The van der Waals surface area contributed by atoms with Crippen LogP contribution in [-0.4, -0.2) is 24.5 Å². The molecular weight excluding hydrogens is 192 g/mol. The Kier molecular flexibility index (Phi) is 2.18. The van der Waals surface area contributed by atoms with Crippen LogP contribution in [0.5, 0.6) is 0 Å². The summed E-state index contributed by atoms with van der Waals surface area (Å²) in [5, 5.41) is 12.2. The molecule has 2 aromatic heterocycles. The van der Waals surface area contributed by atoms with Gasteiger partial charge in [0.25, 0.3) is 0 Å². The first kappa shape index (κ1) is 9.70. The molecule has 0 aromatic carbocycles. The molecule has 0 saturated carbocycles. The van der Waals surface area contributed by atoms with Crippen molar-refractivity contribution in [1.29, 1.82) is 0 Å². The van der Waals surface area contributed by atoms with Crippen LogP contribution < -0.4 is 5.73 Å². The van der Waals surface area contributed by atoms with Gasteiger partial charge in [0.1, 0.15) is 18.2 Å². The van der Waals surface area contributed by atoms with Gasteiger partial charge in [-0.1, -0.05) is 0 Å². The molecule has 0 spiro atoms. The van der Waals surface area contributed by atoms with Gasteiger partial charge in [0.15, 0.2) is 5.82 Å². The van der Waals surface area contributed by atoms with Crippen LogP contribution in [0.25, 0.3) is 0 Å². The molecule has 80 valence electrons. The van der Waals surface area contributed by atoms with E-state index in [9.17, 15) is 0 Å². The zero-order valence-electron chi connectivity index (χ0n) is 9.10. The fourth-order valence-corrected chi connectivity index (χ4v) is 1.35. The Labute approximate surface area is 87.7 Å². The van der Waals surface area contributed by atoms with Crippen molar-refractivity contribution in [1.82, 2.24) is 24.5 Å². The molecule has 2 N–H and O–H groups in total. The van der Waals surface area contributed by atoms with Crippen molar-refractivity contribution >= 4 is 5.82 Å². The van der Waals surface area contributed by atoms with E-state index < -0.39 is 0 Å². The average molecular weight is 206 g/mol. The van der Waals surface area contributed by atoms with Gasteiger partial charge in [0.05, 0.1) is 0 Å². The van der Waals surface area contributed by atoms with Crippen LogP contribution in [0.15, 0.2) is 6.20 Å². The fourth-order valence-electron chi connectivity index (χ4n) is 1.35. The number of nitrogen functional groups attached to an aromatic ring is 1. The van der Waals surface area contributed by atoms with Crippen LogP contribution in [0.4, 0.5) is 5.82 Å². The second-order valence-electron chi connectivity index (χ2n) is 3.62. The molecule has 6 heteroatoms. The van der Waals surface area contributed by atoms with Gasteiger partial charge < -0.3 is 10.3 Å². The molecule has 2 heterocycles. The van der Waals surface area contributed by atoms with Gasteiger partial charge in [-0.2, -0.15) is 5.10 Å². The van der Waals surface area contributed by atoms with E-state index in [4.69, 9.17) is 5.73 Å². The zero-order valence-corrected chi connectivity index (χ0v) is 9.10. The normalized spacial score (nSPS) is 10.9. The molecule has 2 rings (SSSR count). The average Bonchev–Trinajstić information content (AvgIpc) is 2.65. The van der Waals surface area contributed by atoms with Gasteiger partial charge in [0.2, 0.25) is 0 Å². The summed E-state index contributed by atoms with van der Waals surface area (Å²) in [6, 6.07) is 0. The number of rotatable bonds is 2. The number of nitrogens with two attached hydrogens (primary N) is 1. The molecule has 0 atom stereocenters. The molecule has 0 aliphatic carbocycles. The van der Waals surface area contributed by atoms with Gasteiger partial charge in [-0.15, -0.1) is 10.2 Å². The van der Waals surface area contributed by atoms with Crippen molar-refractivity contribution in [2.75, 3.05) is 5.73 Å². The summed E-state index contributed by atoms with van der Waals surface area (Å²) in [4.78, 5) is 0. The minimum Gasteiger partial charge on any atom is -0.382 e. The maximum absolute atomic E-state index is 5.66. The van der Waals surface area contributed by atoms with E-state index in [0.29, 0.717) is 12.4 Å². The molecule has 0 aliphatic heterocycles. The predicted octanol–water partition coefficient (Wildman–Crippen LogP) is 0.259. The van der Waals surface area contributed by atoms with Crippen LogP contribution >= 0.6 is 0 Å². The lowest BCUT2D eigenvalue weighted by Gasteiger charge is -2.01. The Morgan fingerprint density at radius 3 is 2.53 bits per heavy atom. The summed E-state index contributed by atoms with van der Waals surface area (Å²) in [6.07, 6.45) is 1.90. The van der Waals surface area contributed by atoms with Crippen LogP contribution in [0.3, 0.4) is 0 Å². The van der Waals surface area contributed by atoms with Gasteiger partial charge in [-0.3, -0.25) is 4.68 Å². The zero-order chi connectivity index (χ0) is 11.0. The third-order valence-electron chi connectivity index (χ3n) is 2.47. The highest BCUT2D eigenvalue weighted by Gasteiger charge is 2.07. The maximum atomic E-state index is 5.66. The van der Waals surface area contributed by atoms with Crippen LogP contribution in [-0.2, 0) is 13.6 Å². The highest BCUT2D eigenvalue weighted by atomic mass is 15.3. The minimum atomic E-state index is 0.564. The maximum Gasteiger partial charge on any atom is 0.154 e. The second-order valence-corrected chi connectivity index (χ2v) is 3.62. The van der Waals surface area contributed by atoms with Crippen molar-refractivity contribution in [3.05, 3.63) is 23.4 Å². The molecule has 0 amide bonds. The van der Waals surface area contributed by atoms with Crippen molar-refractivity contribution < 1.29 is 0 Å². The van der Waals surface area contributed by atoms with E-state index in [1.54, 1.807) is 4.68 Å². The summed E-state index contributed by atoms with van der Waals surface area (Å²) in [5.74, 6) is 2.32. The summed E-state index contributed by atoms with van der Waals surface area (Å²) in [6.45, 7) is 4.44. The van der Waals surface area contributed by atoms with Crippen LogP contribution in [0, 0.1) is 13.8 Å². The summed E-state index contributed by atoms with van der Waals surface area (Å²) >= 11 is 0. The molecule has 0 fully saturated rings. The van der Waals surface area contributed by atoms with Gasteiger partial charge >= 0.3 is 0 Å². The lowest BCUT2D eigenvalue weighted by molar-refractivity contribution is 0.629. The van der Waals surface area contributed by atoms with E-state index in [1.807, 2.05) is 31.7 Å². The quantitative estimate of drug-likeness (QED) is 0.764. The van der Waals surface area contributed by atoms with Crippen molar-refractivity contribution in [2.24, 2.45) is 7.05 Å². The van der Waals surface area contributed by atoms with Gasteiger partial charge in [0, 0.05) is 18.8 Å². The molecule has 15 heavy (non-hydrogen) atoms. The van der Waals surface area contributed by atoms with E-state index in [-0.39, 0.29) is 0 Å². The Morgan fingerprint density at radius 2 is 2.07 bits per heavy atom. The first-order chi connectivity index (χ1) is 7.08. The van der Waals surface area contributed by atoms with Crippen LogP contribution in [0.1, 0.15) is 17.2 Å². The third kappa shape index (κ3) is 1.70. The van der Waals surface area contributed by atoms with Crippen molar-refractivity contribution in [3.8, 4) is 0 Å². The number of hydrogen-bond acceptors (Lipinski definition) is 4. The third-order valence-corrected chi connectivity index (χ3v) is 2.47. The smallest absolute Gasteiger partial charge is 0.154 e. The Morgan fingerprint density at radius 1 is 1.33 bits per heavy atom. The standard InChI is InChI=1S/C9H14N6/c1-6-4-15(13-9(6)10)5-8-12-11-7(2)14(8)3/h4H,5H2,1-3H3,(H2,10,13). The molecule has 0 unspecified atom stereocenters. The molecule has 2 aromatic rings. The Bertz CT molecular complexity index is 461. The molecule has 0 bridgehead atoms. The predicted molar refractivity (Wildman–Crippen MR) is 56.2 cm³/mol. The van der Waals surface area contributed by atoms with Crippen molar-refractivity contribution in [3.63, 3.8) is 0 Å². The molecular formula is C9H14N6. The molecule has 0 saturated heterocycles. The largest absolute Gasteiger partial charge is 0.382 e. The van der Waals surface area contributed by atoms with E-state index in [1.165, 1.54) is 0 Å². The monoisotopic (exact) mass is 206 g/mol.